The fraction of sp³-hybridized carbons (Fsp3) is 0.588. The highest BCUT2D eigenvalue weighted by Gasteiger charge is 2.24. The maximum atomic E-state index is 12.7. The third-order valence-corrected chi connectivity index (χ3v) is 3.93. The average Bonchev–Trinajstić information content (AvgIpc) is 2.46. The Bertz CT molecular complexity index is 477. The predicted molar refractivity (Wildman–Crippen MR) is 87.8 cm³/mol. The molecule has 1 N–H and O–H groups in total. The van der Waals surface area contributed by atoms with Crippen molar-refractivity contribution in [3.8, 4) is 0 Å². The minimum absolute atomic E-state index is 0.141. The summed E-state index contributed by atoms with van der Waals surface area (Å²) >= 11 is 0. The van der Waals surface area contributed by atoms with E-state index in [1.807, 2.05) is 29.2 Å². The Kier molecular flexibility index (Phi) is 5.23. The van der Waals surface area contributed by atoms with E-state index in [9.17, 15) is 4.79 Å². The first kappa shape index (κ1) is 15.8. The molecule has 0 atom stereocenters. The van der Waals surface area contributed by atoms with Crippen LogP contribution in [0.5, 0.6) is 0 Å². The molecule has 0 spiro atoms. The van der Waals surface area contributed by atoms with Crippen LogP contribution in [0.3, 0.4) is 0 Å². The summed E-state index contributed by atoms with van der Waals surface area (Å²) in [5, 5.41) is 3.36. The maximum absolute atomic E-state index is 12.7. The normalized spacial score (nSPS) is 16.6. The molecule has 0 saturated carbocycles. The zero-order valence-corrected chi connectivity index (χ0v) is 13.6. The molecular formula is C17H27N3O. The van der Waals surface area contributed by atoms with Gasteiger partial charge in [-0.15, -0.1) is 0 Å². The Morgan fingerprint density at radius 2 is 1.67 bits per heavy atom. The first-order valence-corrected chi connectivity index (χ1v) is 7.88. The molecule has 21 heavy (non-hydrogen) atoms. The number of benzene rings is 1. The van der Waals surface area contributed by atoms with Gasteiger partial charge in [-0.1, -0.05) is 12.1 Å². The highest BCUT2D eigenvalue weighted by Crippen LogP contribution is 2.19. The van der Waals surface area contributed by atoms with Gasteiger partial charge in [0, 0.05) is 44.0 Å². The molecule has 1 heterocycles. The molecule has 0 bridgehead atoms. The van der Waals surface area contributed by atoms with E-state index in [4.69, 9.17) is 0 Å². The molecule has 1 amide bonds. The number of hydrogen-bond donors (Lipinski definition) is 1. The maximum Gasteiger partial charge on any atom is 0.256 e. The molecule has 4 nitrogen and oxygen atoms in total. The summed E-state index contributed by atoms with van der Waals surface area (Å²) in [6, 6.07) is 8.68. The van der Waals surface area contributed by atoms with Crippen LogP contribution in [-0.4, -0.2) is 54.0 Å². The molecule has 116 valence electrons. The van der Waals surface area contributed by atoms with E-state index in [2.05, 4.69) is 37.9 Å². The number of piperazine rings is 1. The predicted octanol–water partition coefficient (Wildman–Crippen LogP) is 2.67. The van der Waals surface area contributed by atoms with E-state index in [1.54, 1.807) is 0 Å². The number of carbonyl (C=O) groups excluding carboxylic acids is 1. The molecular weight excluding hydrogens is 262 g/mol. The molecule has 0 aromatic heterocycles. The number of nitrogens with one attached hydrogen (secondary N) is 1. The van der Waals surface area contributed by atoms with Crippen molar-refractivity contribution in [1.29, 1.82) is 0 Å². The SMILES string of the molecule is CC(C)Nc1ccccc1C(=O)N1CCN(C(C)C)CC1. The van der Waals surface area contributed by atoms with Gasteiger partial charge >= 0.3 is 0 Å². The minimum atomic E-state index is 0.141. The first-order chi connectivity index (χ1) is 9.99. The molecule has 1 aliphatic rings. The van der Waals surface area contributed by atoms with E-state index in [1.165, 1.54) is 0 Å². The Labute approximate surface area is 128 Å². The fourth-order valence-corrected chi connectivity index (χ4v) is 2.72. The average molecular weight is 289 g/mol. The van der Waals surface area contributed by atoms with Crippen LogP contribution in [0.4, 0.5) is 5.69 Å². The van der Waals surface area contributed by atoms with Gasteiger partial charge in [-0.3, -0.25) is 9.69 Å². The number of anilines is 1. The van der Waals surface area contributed by atoms with Crippen LogP contribution in [-0.2, 0) is 0 Å². The van der Waals surface area contributed by atoms with E-state index in [-0.39, 0.29) is 5.91 Å². The summed E-state index contributed by atoms with van der Waals surface area (Å²) in [4.78, 5) is 17.1. The molecule has 0 aliphatic carbocycles. The number of hydrogen-bond acceptors (Lipinski definition) is 3. The van der Waals surface area contributed by atoms with Gasteiger partial charge in [0.1, 0.15) is 0 Å². The van der Waals surface area contributed by atoms with E-state index < -0.39 is 0 Å². The monoisotopic (exact) mass is 289 g/mol. The van der Waals surface area contributed by atoms with Crippen molar-refractivity contribution in [3.05, 3.63) is 29.8 Å². The summed E-state index contributed by atoms with van der Waals surface area (Å²) in [5.74, 6) is 0.141. The number of carbonyl (C=O) groups is 1. The van der Waals surface area contributed by atoms with Gasteiger partial charge in [0.25, 0.3) is 5.91 Å². The zero-order chi connectivity index (χ0) is 15.4. The Morgan fingerprint density at radius 1 is 1.05 bits per heavy atom. The van der Waals surface area contributed by atoms with E-state index >= 15 is 0 Å². The topological polar surface area (TPSA) is 35.6 Å². The Hall–Kier alpha value is -1.55. The van der Waals surface area contributed by atoms with Crippen LogP contribution in [0, 0.1) is 0 Å². The van der Waals surface area contributed by atoms with Crippen LogP contribution in [0.2, 0.25) is 0 Å². The van der Waals surface area contributed by atoms with Gasteiger partial charge in [0.15, 0.2) is 0 Å². The molecule has 2 rings (SSSR count). The number of amides is 1. The summed E-state index contributed by atoms with van der Waals surface area (Å²) in [5.41, 5.74) is 1.72. The lowest BCUT2D eigenvalue weighted by Crippen LogP contribution is -2.50. The van der Waals surface area contributed by atoms with E-state index in [0.29, 0.717) is 12.1 Å². The summed E-state index contributed by atoms with van der Waals surface area (Å²) in [6.45, 7) is 12.1. The van der Waals surface area contributed by atoms with Crippen LogP contribution >= 0.6 is 0 Å². The van der Waals surface area contributed by atoms with Gasteiger partial charge in [-0.05, 0) is 39.8 Å². The van der Waals surface area contributed by atoms with Crippen molar-refractivity contribution in [2.75, 3.05) is 31.5 Å². The van der Waals surface area contributed by atoms with Gasteiger partial charge in [-0.2, -0.15) is 0 Å². The Balaban J connectivity index is 2.07. The lowest BCUT2D eigenvalue weighted by atomic mass is 10.1. The lowest BCUT2D eigenvalue weighted by Gasteiger charge is -2.37. The second-order valence-electron chi connectivity index (χ2n) is 6.27. The number of nitrogens with zero attached hydrogens (tertiary/aromatic N) is 2. The number of rotatable bonds is 4. The minimum Gasteiger partial charge on any atom is -0.382 e. The molecule has 1 aromatic rings. The smallest absolute Gasteiger partial charge is 0.256 e. The van der Waals surface area contributed by atoms with E-state index in [0.717, 1.165) is 37.4 Å². The van der Waals surface area contributed by atoms with Crippen LogP contribution < -0.4 is 5.32 Å². The lowest BCUT2D eigenvalue weighted by molar-refractivity contribution is 0.0596. The molecule has 1 fully saturated rings. The largest absolute Gasteiger partial charge is 0.382 e. The van der Waals surface area contributed by atoms with Gasteiger partial charge in [0.05, 0.1) is 5.56 Å². The van der Waals surface area contributed by atoms with Crippen molar-refractivity contribution in [2.45, 2.75) is 39.8 Å². The third-order valence-electron chi connectivity index (χ3n) is 3.93. The Morgan fingerprint density at radius 3 is 2.24 bits per heavy atom. The van der Waals surface area contributed by atoms with Crippen molar-refractivity contribution in [2.24, 2.45) is 0 Å². The number of para-hydroxylation sites is 1. The van der Waals surface area contributed by atoms with Gasteiger partial charge in [-0.25, -0.2) is 0 Å². The van der Waals surface area contributed by atoms with Crippen molar-refractivity contribution in [3.63, 3.8) is 0 Å². The van der Waals surface area contributed by atoms with Crippen LogP contribution in [0.15, 0.2) is 24.3 Å². The van der Waals surface area contributed by atoms with Gasteiger partial charge in [0.2, 0.25) is 0 Å². The van der Waals surface area contributed by atoms with Crippen molar-refractivity contribution < 1.29 is 4.79 Å². The second kappa shape index (κ2) is 6.94. The van der Waals surface area contributed by atoms with Crippen molar-refractivity contribution >= 4 is 11.6 Å². The fourth-order valence-electron chi connectivity index (χ4n) is 2.72. The molecule has 1 aromatic carbocycles. The third kappa shape index (κ3) is 3.97. The quantitative estimate of drug-likeness (QED) is 0.925. The zero-order valence-electron chi connectivity index (χ0n) is 13.6. The highest BCUT2D eigenvalue weighted by molar-refractivity contribution is 5.99. The molecule has 1 aliphatic heterocycles. The summed E-state index contributed by atoms with van der Waals surface area (Å²) < 4.78 is 0. The molecule has 0 unspecified atom stereocenters. The van der Waals surface area contributed by atoms with Crippen LogP contribution in [0.25, 0.3) is 0 Å². The van der Waals surface area contributed by atoms with Crippen LogP contribution in [0.1, 0.15) is 38.1 Å². The molecule has 1 saturated heterocycles. The molecule has 0 radical (unpaired) electrons. The molecule has 4 heteroatoms. The van der Waals surface area contributed by atoms with Crippen molar-refractivity contribution in [1.82, 2.24) is 9.80 Å². The first-order valence-electron chi connectivity index (χ1n) is 7.88. The summed E-state index contributed by atoms with van der Waals surface area (Å²) in [6.07, 6.45) is 0. The second-order valence-corrected chi connectivity index (χ2v) is 6.27. The highest BCUT2D eigenvalue weighted by atomic mass is 16.2. The van der Waals surface area contributed by atoms with Gasteiger partial charge < -0.3 is 10.2 Å². The summed E-state index contributed by atoms with van der Waals surface area (Å²) in [7, 11) is 0. The standard InChI is InChI=1S/C17H27N3O/c1-13(2)18-16-8-6-5-7-15(16)17(21)20-11-9-19(10-12-20)14(3)4/h5-8,13-14,18H,9-12H2,1-4H3.